The minimum atomic E-state index is -3.68. The first-order valence-corrected chi connectivity index (χ1v) is 14.6. The summed E-state index contributed by atoms with van der Waals surface area (Å²) in [7, 11) is -5.70. The van der Waals surface area contributed by atoms with Gasteiger partial charge in [0, 0.05) is 18.3 Å². The van der Waals surface area contributed by atoms with Gasteiger partial charge in [-0.15, -0.1) is 0 Å². The Hall–Kier alpha value is -2.79. The SMILES string of the molecule is CN(c1cccc(NC(=O)c2ccc(CN(c3cccc(Cl)c3Cl)S(C)(=O)=O)cc2)c1)S(C)(=O)=O. The van der Waals surface area contributed by atoms with Crippen molar-refractivity contribution in [3.63, 3.8) is 0 Å². The summed E-state index contributed by atoms with van der Waals surface area (Å²) < 4.78 is 50.6. The lowest BCUT2D eigenvalue weighted by Gasteiger charge is -2.24. The van der Waals surface area contributed by atoms with E-state index in [1.807, 2.05) is 0 Å². The Morgan fingerprint density at radius 3 is 2.11 bits per heavy atom. The predicted molar refractivity (Wildman–Crippen MR) is 142 cm³/mol. The van der Waals surface area contributed by atoms with Gasteiger partial charge in [-0.3, -0.25) is 13.4 Å². The standard InChI is InChI=1S/C23H23Cl2N3O5S2/c1-27(34(2,30)31)19-7-4-6-18(14-19)26-23(29)17-12-10-16(11-13-17)15-28(35(3,32)33)21-9-5-8-20(24)22(21)25/h4-14H,15H2,1-3H3,(H,26,29). The topological polar surface area (TPSA) is 104 Å². The highest BCUT2D eigenvalue weighted by atomic mass is 35.5. The molecule has 0 bridgehead atoms. The highest BCUT2D eigenvalue weighted by molar-refractivity contribution is 7.92. The average molecular weight is 556 g/mol. The molecule has 3 aromatic rings. The average Bonchev–Trinajstić information content (AvgIpc) is 2.78. The lowest BCUT2D eigenvalue weighted by Crippen LogP contribution is -2.29. The maximum Gasteiger partial charge on any atom is 0.255 e. The fourth-order valence-corrected chi connectivity index (χ4v) is 5.00. The highest BCUT2D eigenvalue weighted by Gasteiger charge is 2.22. The van der Waals surface area contributed by atoms with Gasteiger partial charge in [-0.1, -0.05) is 47.5 Å². The molecule has 12 heteroatoms. The van der Waals surface area contributed by atoms with Crippen molar-refractivity contribution >= 4 is 66.2 Å². The molecule has 35 heavy (non-hydrogen) atoms. The van der Waals surface area contributed by atoms with E-state index in [1.54, 1.807) is 66.7 Å². The summed E-state index contributed by atoms with van der Waals surface area (Å²) in [6.07, 6.45) is 2.16. The molecule has 0 saturated heterocycles. The van der Waals surface area contributed by atoms with Gasteiger partial charge < -0.3 is 5.32 Å². The van der Waals surface area contributed by atoms with Crippen LogP contribution < -0.4 is 13.9 Å². The molecule has 0 saturated carbocycles. The smallest absolute Gasteiger partial charge is 0.255 e. The summed E-state index contributed by atoms with van der Waals surface area (Å²) in [6.45, 7) is -0.0132. The lowest BCUT2D eigenvalue weighted by atomic mass is 10.1. The van der Waals surface area contributed by atoms with Gasteiger partial charge in [-0.05, 0) is 48.0 Å². The van der Waals surface area contributed by atoms with Gasteiger partial charge in [0.05, 0.1) is 40.5 Å². The number of nitrogens with one attached hydrogen (secondary N) is 1. The fourth-order valence-electron chi connectivity index (χ4n) is 3.17. The van der Waals surface area contributed by atoms with E-state index in [4.69, 9.17) is 23.2 Å². The van der Waals surface area contributed by atoms with Gasteiger partial charge in [-0.25, -0.2) is 16.8 Å². The summed E-state index contributed by atoms with van der Waals surface area (Å²) in [5, 5.41) is 3.09. The third kappa shape index (κ3) is 6.66. The molecule has 1 amide bonds. The Bertz CT molecular complexity index is 1460. The zero-order chi connectivity index (χ0) is 26.0. The molecule has 0 fully saturated rings. The Balaban J connectivity index is 1.78. The molecule has 1 N–H and O–H groups in total. The van der Waals surface area contributed by atoms with E-state index in [9.17, 15) is 21.6 Å². The maximum absolute atomic E-state index is 12.7. The van der Waals surface area contributed by atoms with Crippen LogP contribution in [0.5, 0.6) is 0 Å². The number of hydrogen-bond donors (Lipinski definition) is 1. The molecule has 0 aromatic heterocycles. The van der Waals surface area contributed by atoms with Crippen LogP contribution in [0.15, 0.2) is 66.7 Å². The number of amides is 1. The second kappa shape index (κ2) is 10.4. The molecule has 0 heterocycles. The predicted octanol–water partition coefficient (Wildman–Crippen LogP) is 4.61. The van der Waals surface area contributed by atoms with Crippen molar-refractivity contribution < 1.29 is 21.6 Å². The molecule has 0 unspecified atom stereocenters. The summed E-state index contributed by atoms with van der Waals surface area (Å²) in [5.41, 5.74) is 2.04. The normalized spacial score (nSPS) is 11.7. The fraction of sp³-hybridized carbons (Fsp3) is 0.174. The van der Waals surface area contributed by atoms with Crippen LogP contribution in [0.3, 0.4) is 0 Å². The van der Waals surface area contributed by atoms with Crippen LogP contribution in [0.25, 0.3) is 0 Å². The largest absolute Gasteiger partial charge is 0.322 e. The Labute approximate surface area is 215 Å². The molecule has 0 aliphatic heterocycles. The van der Waals surface area contributed by atoms with Gasteiger partial charge in [0.2, 0.25) is 20.0 Å². The first-order chi connectivity index (χ1) is 16.3. The van der Waals surface area contributed by atoms with E-state index in [0.717, 1.165) is 21.1 Å². The summed E-state index contributed by atoms with van der Waals surface area (Å²) in [4.78, 5) is 12.7. The number of carbonyl (C=O) groups excluding carboxylic acids is 1. The third-order valence-electron chi connectivity index (χ3n) is 5.11. The molecule has 0 spiro atoms. The number of sulfonamides is 2. The van der Waals surface area contributed by atoms with Crippen LogP contribution in [0.1, 0.15) is 15.9 Å². The van der Waals surface area contributed by atoms with Crippen molar-refractivity contribution in [3.8, 4) is 0 Å². The van der Waals surface area contributed by atoms with Crippen LogP contribution >= 0.6 is 23.2 Å². The van der Waals surface area contributed by atoms with E-state index in [0.29, 0.717) is 22.5 Å². The zero-order valence-electron chi connectivity index (χ0n) is 19.1. The molecule has 3 rings (SSSR count). The monoisotopic (exact) mass is 555 g/mol. The van der Waals surface area contributed by atoms with E-state index in [-0.39, 0.29) is 22.3 Å². The first-order valence-electron chi connectivity index (χ1n) is 10.1. The molecular formula is C23H23Cl2N3O5S2. The number of carbonyl (C=O) groups is 1. The van der Waals surface area contributed by atoms with Gasteiger partial charge in [0.1, 0.15) is 0 Å². The van der Waals surface area contributed by atoms with Gasteiger partial charge in [-0.2, -0.15) is 0 Å². The minimum Gasteiger partial charge on any atom is -0.322 e. The number of benzene rings is 3. The molecule has 8 nitrogen and oxygen atoms in total. The second-order valence-corrected chi connectivity index (χ2v) is 12.5. The number of halogens is 2. The van der Waals surface area contributed by atoms with Crippen LogP contribution in [-0.4, -0.2) is 42.3 Å². The Kier molecular flexibility index (Phi) is 8.00. The van der Waals surface area contributed by atoms with Crippen molar-refractivity contribution in [3.05, 3.63) is 87.9 Å². The first kappa shape index (κ1) is 26.8. The van der Waals surface area contributed by atoms with Crippen molar-refractivity contribution in [2.24, 2.45) is 0 Å². The minimum absolute atomic E-state index is 0.0132. The molecule has 186 valence electrons. The number of nitrogens with zero attached hydrogens (tertiary/aromatic N) is 2. The van der Waals surface area contributed by atoms with Crippen molar-refractivity contribution in [2.75, 3.05) is 33.5 Å². The summed E-state index contributed by atoms with van der Waals surface area (Å²) in [6, 6.07) is 17.6. The molecule has 0 aliphatic carbocycles. The summed E-state index contributed by atoms with van der Waals surface area (Å²) in [5.74, 6) is -0.409. The third-order valence-corrected chi connectivity index (χ3v) is 8.25. The van der Waals surface area contributed by atoms with Crippen LogP contribution in [0.4, 0.5) is 17.1 Å². The molecule has 0 atom stereocenters. The number of hydrogen-bond acceptors (Lipinski definition) is 5. The van der Waals surface area contributed by atoms with E-state index in [2.05, 4.69) is 5.32 Å². The van der Waals surface area contributed by atoms with Crippen molar-refractivity contribution in [1.29, 1.82) is 0 Å². The maximum atomic E-state index is 12.7. The Morgan fingerprint density at radius 2 is 1.51 bits per heavy atom. The van der Waals surface area contributed by atoms with Crippen molar-refractivity contribution in [2.45, 2.75) is 6.54 Å². The van der Waals surface area contributed by atoms with E-state index < -0.39 is 26.0 Å². The van der Waals surface area contributed by atoms with E-state index in [1.165, 1.54) is 7.05 Å². The molecule has 3 aromatic carbocycles. The van der Waals surface area contributed by atoms with Gasteiger partial charge in [0.25, 0.3) is 5.91 Å². The van der Waals surface area contributed by atoms with E-state index >= 15 is 0 Å². The second-order valence-electron chi connectivity index (χ2n) is 7.77. The Morgan fingerprint density at radius 1 is 0.886 bits per heavy atom. The summed E-state index contributed by atoms with van der Waals surface area (Å²) >= 11 is 12.3. The molecule has 0 aliphatic rings. The van der Waals surface area contributed by atoms with Gasteiger partial charge >= 0.3 is 0 Å². The quantitative estimate of drug-likeness (QED) is 0.437. The van der Waals surface area contributed by atoms with Crippen LogP contribution in [0.2, 0.25) is 10.0 Å². The zero-order valence-corrected chi connectivity index (χ0v) is 22.2. The van der Waals surface area contributed by atoms with Gasteiger partial charge in [0.15, 0.2) is 0 Å². The van der Waals surface area contributed by atoms with Crippen LogP contribution in [-0.2, 0) is 26.6 Å². The van der Waals surface area contributed by atoms with Crippen molar-refractivity contribution in [1.82, 2.24) is 0 Å². The highest BCUT2D eigenvalue weighted by Crippen LogP contribution is 2.34. The lowest BCUT2D eigenvalue weighted by molar-refractivity contribution is 0.102. The van der Waals surface area contributed by atoms with Crippen LogP contribution in [0, 0.1) is 0 Å². The number of anilines is 3. The molecule has 0 radical (unpaired) electrons. The number of rotatable bonds is 8. The molecular weight excluding hydrogens is 533 g/mol.